The fraction of sp³-hybridized carbons (Fsp3) is 0.250. The van der Waals surface area contributed by atoms with Gasteiger partial charge in [-0.2, -0.15) is 31.4 Å². The van der Waals surface area contributed by atoms with Gasteiger partial charge < -0.3 is 4.74 Å². The highest BCUT2D eigenvalue weighted by atomic mass is 19.4. The molecule has 2 aromatic rings. The highest BCUT2D eigenvalue weighted by molar-refractivity contribution is 5.42. The lowest BCUT2D eigenvalue weighted by atomic mass is 10.1. The van der Waals surface area contributed by atoms with E-state index in [2.05, 4.69) is 5.10 Å². The van der Waals surface area contributed by atoms with Crippen LogP contribution in [0.15, 0.2) is 30.5 Å². The summed E-state index contributed by atoms with van der Waals surface area (Å²) in [5.41, 5.74) is -2.52. The van der Waals surface area contributed by atoms with Crippen LogP contribution in [0.4, 0.5) is 26.3 Å². The summed E-state index contributed by atoms with van der Waals surface area (Å²) in [6, 6.07) is 2.25. The zero-order valence-corrected chi connectivity index (χ0v) is 10.5. The van der Waals surface area contributed by atoms with Gasteiger partial charge in [0, 0.05) is 13.1 Å². The molecule has 0 aliphatic rings. The highest BCUT2D eigenvalue weighted by Gasteiger charge is 2.38. The van der Waals surface area contributed by atoms with Gasteiger partial charge in [-0.25, -0.2) is 4.68 Å². The lowest BCUT2D eigenvalue weighted by Crippen LogP contribution is -2.11. The van der Waals surface area contributed by atoms with Crippen LogP contribution in [0.25, 0.3) is 0 Å². The fourth-order valence-corrected chi connectivity index (χ4v) is 1.59. The molecule has 1 aromatic carbocycles. The topological polar surface area (TPSA) is 27.1 Å². The van der Waals surface area contributed by atoms with E-state index >= 15 is 0 Å². The minimum Gasteiger partial charge on any atom is -0.439 e. The second kappa shape index (κ2) is 4.97. The number of nitrogens with zero attached hydrogens (tertiary/aromatic N) is 2. The Kier molecular flexibility index (Phi) is 3.60. The molecule has 3 nitrogen and oxygen atoms in total. The summed E-state index contributed by atoms with van der Waals surface area (Å²) in [5, 5.41) is 3.66. The van der Waals surface area contributed by atoms with E-state index in [9.17, 15) is 26.3 Å². The molecule has 0 unspecified atom stereocenters. The van der Waals surface area contributed by atoms with Crippen LogP contribution in [0.1, 0.15) is 11.1 Å². The predicted molar refractivity (Wildman–Crippen MR) is 59.7 cm³/mol. The predicted octanol–water partition coefficient (Wildman–Crippen LogP) is 4.25. The summed E-state index contributed by atoms with van der Waals surface area (Å²) in [4.78, 5) is 0. The first-order valence-corrected chi connectivity index (χ1v) is 5.53. The summed E-state index contributed by atoms with van der Waals surface area (Å²) in [7, 11) is 1.39. The monoisotopic (exact) mass is 310 g/mol. The molecule has 0 saturated carbocycles. The summed E-state index contributed by atoms with van der Waals surface area (Å²) >= 11 is 0. The Bertz CT molecular complexity index is 644. The van der Waals surface area contributed by atoms with Crippen LogP contribution in [0.3, 0.4) is 0 Å². The zero-order chi connectivity index (χ0) is 15.8. The maximum Gasteiger partial charge on any atom is 0.419 e. The Labute approximate surface area is 114 Å². The normalized spacial score (nSPS) is 12.5. The van der Waals surface area contributed by atoms with E-state index in [0.29, 0.717) is 18.2 Å². The van der Waals surface area contributed by atoms with Crippen molar-refractivity contribution in [3.63, 3.8) is 0 Å². The Morgan fingerprint density at radius 2 is 1.67 bits per heavy atom. The van der Waals surface area contributed by atoms with E-state index in [-0.39, 0.29) is 5.88 Å². The van der Waals surface area contributed by atoms with Gasteiger partial charge in [0.1, 0.15) is 5.75 Å². The van der Waals surface area contributed by atoms with Gasteiger partial charge in [0.25, 0.3) is 0 Å². The fourth-order valence-electron chi connectivity index (χ4n) is 1.59. The third-order valence-electron chi connectivity index (χ3n) is 2.60. The Morgan fingerprint density at radius 3 is 2.14 bits per heavy atom. The maximum absolute atomic E-state index is 12.8. The first kappa shape index (κ1) is 15.2. The molecular weight excluding hydrogens is 302 g/mol. The van der Waals surface area contributed by atoms with Crippen molar-refractivity contribution in [3.8, 4) is 11.6 Å². The van der Waals surface area contributed by atoms with E-state index in [1.807, 2.05) is 0 Å². The number of halogens is 6. The molecule has 114 valence electrons. The molecule has 0 amide bonds. The van der Waals surface area contributed by atoms with Crippen LogP contribution < -0.4 is 4.74 Å². The van der Waals surface area contributed by atoms with Crippen molar-refractivity contribution in [2.45, 2.75) is 12.4 Å². The molecule has 1 aromatic heterocycles. The minimum atomic E-state index is -4.84. The lowest BCUT2D eigenvalue weighted by Gasteiger charge is -2.16. The molecule has 0 spiro atoms. The average molecular weight is 310 g/mol. The van der Waals surface area contributed by atoms with Crippen molar-refractivity contribution < 1.29 is 31.1 Å². The van der Waals surface area contributed by atoms with Crippen LogP contribution in [-0.4, -0.2) is 9.78 Å². The quantitative estimate of drug-likeness (QED) is 0.775. The number of hydrogen-bond acceptors (Lipinski definition) is 2. The van der Waals surface area contributed by atoms with Crippen LogP contribution >= 0.6 is 0 Å². The molecule has 9 heteroatoms. The van der Waals surface area contributed by atoms with E-state index in [1.165, 1.54) is 19.3 Å². The first-order chi connectivity index (χ1) is 9.59. The van der Waals surface area contributed by atoms with Crippen molar-refractivity contribution in [2.24, 2.45) is 7.05 Å². The molecule has 1 heterocycles. The van der Waals surface area contributed by atoms with Crippen molar-refractivity contribution >= 4 is 0 Å². The first-order valence-electron chi connectivity index (χ1n) is 5.53. The summed E-state index contributed by atoms with van der Waals surface area (Å²) in [5.74, 6) is -1.04. The van der Waals surface area contributed by atoms with Gasteiger partial charge in [-0.1, -0.05) is 0 Å². The highest BCUT2D eigenvalue weighted by Crippen LogP contribution is 2.41. The second-order valence-electron chi connectivity index (χ2n) is 4.10. The van der Waals surface area contributed by atoms with Gasteiger partial charge in [0.05, 0.1) is 17.3 Å². The van der Waals surface area contributed by atoms with Crippen LogP contribution in [0.5, 0.6) is 11.6 Å². The molecule has 0 saturated heterocycles. The van der Waals surface area contributed by atoms with Crippen molar-refractivity contribution in [2.75, 3.05) is 0 Å². The Balaban J connectivity index is 2.51. The number of aryl methyl sites for hydroxylation is 1. The number of alkyl halides is 6. The van der Waals surface area contributed by atoms with Gasteiger partial charge in [-0.05, 0) is 18.2 Å². The van der Waals surface area contributed by atoms with Gasteiger partial charge in [-0.3, -0.25) is 0 Å². The summed E-state index contributed by atoms with van der Waals surface area (Å²) in [6.45, 7) is 0. The number of benzene rings is 1. The molecule has 2 rings (SSSR count). The molecule has 0 atom stereocenters. The standard InChI is InChI=1S/C12H8F6N2O/c1-20-10(4-5-19-20)21-9-6-7(11(13,14)15)2-3-8(9)12(16,17)18/h2-6H,1H3. The number of aromatic nitrogens is 2. The zero-order valence-electron chi connectivity index (χ0n) is 10.5. The molecular formula is C12H8F6N2O. The third-order valence-corrected chi connectivity index (χ3v) is 2.60. The van der Waals surface area contributed by atoms with Crippen LogP contribution in [-0.2, 0) is 19.4 Å². The third kappa shape index (κ3) is 3.29. The second-order valence-corrected chi connectivity index (χ2v) is 4.10. The minimum absolute atomic E-state index is 0.111. The molecule has 0 N–H and O–H groups in total. The van der Waals surface area contributed by atoms with Crippen molar-refractivity contribution in [3.05, 3.63) is 41.6 Å². The van der Waals surface area contributed by atoms with E-state index in [4.69, 9.17) is 4.74 Å². The number of ether oxygens (including phenoxy) is 1. The largest absolute Gasteiger partial charge is 0.439 e. The van der Waals surface area contributed by atoms with Crippen molar-refractivity contribution in [1.29, 1.82) is 0 Å². The smallest absolute Gasteiger partial charge is 0.419 e. The van der Waals surface area contributed by atoms with E-state index in [0.717, 1.165) is 4.68 Å². The van der Waals surface area contributed by atoms with Gasteiger partial charge >= 0.3 is 12.4 Å². The molecule has 0 aliphatic carbocycles. The Hall–Kier alpha value is -2.19. The van der Waals surface area contributed by atoms with Gasteiger partial charge in [0.2, 0.25) is 5.88 Å². The SMILES string of the molecule is Cn1nccc1Oc1cc(C(F)(F)F)ccc1C(F)(F)F. The molecule has 0 bridgehead atoms. The molecule has 0 radical (unpaired) electrons. The van der Waals surface area contributed by atoms with Gasteiger partial charge in [-0.15, -0.1) is 0 Å². The molecule has 21 heavy (non-hydrogen) atoms. The maximum atomic E-state index is 12.8. The summed E-state index contributed by atoms with van der Waals surface area (Å²) < 4.78 is 82.3. The van der Waals surface area contributed by atoms with Crippen LogP contribution in [0.2, 0.25) is 0 Å². The molecule has 0 fully saturated rings. The summed E-state index contributed by atoms with van der Waals surface area (Å²) in [6.07, 6.45) is -8.36. The lowest BCUT2D eigenvalue weighted by molar-refractivity contribution is -0.142. The number of hydrogen-bond donors (Lipinski definition) is 0. The number of rotatable bonds is 2. The van der Waals surface area contributed by atoms with Crippen LogP contribution in [0, 0.1) is 0 Å². The van der Waals surface area contributed by atoms with E-state index < -0.39 is 29.2 Å². The van der Waals surface area contributed by atoms with Gasteiger partial charge in [0.15, 0.2) is 0 Å². The van der Waals surface area contributed by atoms with Crippen molar-refractivity contribution in [1.82, 2.24) is 9.78 Å². The van der Waals surface area contributed by atoms with E-state index in [1.54, 1.807) is 0 Å². The average Bonchev–Trinajstić information content (AvgIpc) is 2.72. The Morgan fingerprint density at radius 1 is 1.00 bits per heavy atom. The molecule has 0 aliphatic heterocycles.